The van der Waals surface area contributed by atoms with Crippen molar-refractivity contribution in [2.24, 2.45) is 0 Å². The molecule has 0 spiro atoms. The van der Waals surface area contributed by atoms with Gasteiger partial charge in [0, 0.05) is 5.92 Å². The van der Waals surface area contributed by atoms with Gasteiger partial charge in [0.1, 0.15) is 17.0 Å². The molecule has 9 heteroatoms. The third-order valence-electron chi connectivity index (χ3n) is 4.45. The summed E-state index contributed by atoms with van der Waals surface area (Å²) in [6.07, 6.45) is -2.00. The Labute approximate surface area is 152 Å². The lowest BCUT2D eigenvalue weighted by Gasteiger charge is -2.21. The highest BCUT2D eigenvalue weighted by Gasteiger charge is 2.32. The van der Waals surface area contributed by atoms with Gasteiger partial charge in [0.15, 0.2) is 0 Å². The second-order valence-electron chi connectivity index (χ2n) is 6.40. The average Bonchev–Trinajstić information content (AvgIpc) is 2.61. The molecule has 1 saturated heterocycles. The van der Waals surface area contributed by atoms with Crippen molar-refractivity contribution in [2.45, 2.75) is 31.9 Å². The van der Waals surface area contributed by atoms with Crippen LogP contribution in [0.25, 0.3) is 0 Å². The van der Waals surface area contributed by atoms with Gasteiger partial charge in [-0.25, -0.2) is 9.78 Å². The van der Waals surface area contributed by atoms with Crippen LogP contribution in [0.1, 0.15) is 46.1 Å². The predicted octanol–water partition coefficient (Wildman–Crippen LogP) is 3.08. The van der Waals surface area contributed by atoms with Crippen molar-refractivity contribution in [3.05, 3.63) is 57.4 Å². The minimum atomic E-state index is -4.56. The molecule has 0 aromatic carbocycles. The van der Waals surface area contributed by atoms with Gasteiger partial charge in [-0.3, -0.25) is 4.79 Å². The number of alkyl halides is 3. The second-order valence-corrected chi connectivity index (χ2v) is 6.40. The van der Waals surface area contributed by atoms with Gasteiger partial charge in [-0.15, -0.1) is 0 Å². The Morgan fingerprint density at radius 2 is 2.00 bits per heavy atom. The van der Waals surface area contributed by atoms with Crippen molar-refractivity contribution >= 4 is 11.6 Å². The SMILES string of the molecule is Cc1cc(C2CCNCC2)oc(=O)c1C(=O)Nc1ccc(C(F)(F)F)nc1. The maximum absolute atomic E-state index is 12.5. The Morgan fingerprint density at radius 3 is 2.56 bits per heavy atom. The first kappa shape index (κ1) is 19.1. The number of hydrogen-bond acceptors (Lipinski definition) is 5. The van der Waals surface area contributed by atoms with E-state index in [0.717, 1.165) is 44.3 Å². The molecule has 27 heavy (non-hydrogen) atoms. The number of amides is 1. The highest BCUT2D eigenvalue weighted by Crippen LogP contribution is 2.28. The van der Waals surface area contributed by atoms with Crippen LogP contribution in [0.3, 0.4) is 0 Å². The summed E-state index contributed by atoms with van der Waals surface area (Å²) in [5.74, 6) is -0.0831. The molecule has 3 rings (SSSR count). The van der Waals surface area contributed by atoms with Gasteiger partial charge in [-0.2, -0.15) is 13.2 Å². The fourth-order valence-corrected chi connectivity index (χ4v) is 3.04. The lowest BCUT2D eigenvalue weighted by molar-refractivity contribution is -0.141. The molecule has 1 amide bonds. The van der Waals surface area contributed by atoms with E-state index >= 15 is 0 Å². The fourth-order valence-electron chi connectivity index (χ4n) is 3.04. The van der Waals surface area contributed by atoms with Crippen molar-refractivity contribution in [1.29, 1.82) is 0 Å². The van der Waals surface area contributed by atoms with Crippen LogP contribution in [0.15, 0.2) is 33.6 Å². The molecule has 144 valence electrons. The Kier molecular flexibility index (Phi) is 5.31. The van der Waals surface area contributed by atoms with E-state index < -0.39 is 23.4 Å². The summed E-state index contributed by atoms with van der Waals surface area (Å²) < 4.78 is 43.0. The molecule has 1 fully saturated rings. The summed E-state index contributed by atoms with van der Waals surface area (Å²) in [4.78, 5) is 28.0. The van der Waals surface area contributed by atoms with Gasteiger partial charge in [0.05, 0.1) is 11.9 Å². The minimum absolute atomic E-state index is 0.0502. The fraction of sp³-hybridized carbons (Fsp3) is 0.389. The molecule has 0 saturated carbocycles. The lowest BCUT2D eigenvalue weighted by Crippen LogP contribution is -2.28. The van der Waals surface area contributed by atoms with Gasteiger partial charge >= 0.3 is 11.8 Å². The lowest BCUT2D eigenvalue weighted by atomic mass is 9.94. The van der Waals surface area contributed by atoms with E-state index in [9.17, 15) is 22.8 Å². The molecule has 2 aromatic rings. The highest BCUT2D eigenvalue weighted by atomic mass is 19.4. The number of halogens is 3. The number of aryl methyl sites for hydroxylation is 1. The molecule has 0 bridgehead atoms. The maximum atomic E-state index is 12.5. The summed E-state index contributed by atoms with van der Waals surface area (Å²) in [6.45, 7) is 3.29. The van der Waals surface area contributed by atoms with E-state index in [-0.39, 0.29) is 17.2 Å². The topological polar surface area (TPSA) is 84.2 Å². The number of piperidine rings is 1. The van der Waals surface area contributed by atoms with Crippen molar-refractivity contribution in [3.8, 4) is 0 Å². The Hall–Kier alpha value is -2.68. The summed E-state index contributed by atoms with van der Waals surface area (Å²) in [5, 5.41) is 5.60. The Morgan fingerprint density at radius 1 is 1.30 bits per heavy atom. The molecule has 0 radical (unpaired) electrons. The number of carbonyl (C=O) groups excluding carboxylic acids is 1. The average molecular weight is 381 g/mol. The summed E-state index contributed by atoms with van der Waals surface area (Å²) in [6, 6.07) is 3.51. The van der Waals surface area contributed by atoms with E-state index in [1.807, 2.05) is 0 Å². The largest absolute Gasteiger partial charge is 0.433 e. The quantitative estimate of drug-likeness (QED) is 0.854. The zero-order chi connectivity index (χ0) is 19.6. The van der Waals surface area contributed by atoms with Crippen LogP contribution < -0.4 is 16.3 Å². The van der Waals surface area contributed by atoms with Gasteiger partial charge in [0.25, 0.3) is 5.91 Å². The predicted molar refractivity (Wildman–Crippen MR) is 91.8 cm³/mol. The first-order valence-corrected chi connectivity index (χ1v) is 8.45. The standard InChI is InChI=1S/C18H18F3N3O3/c1-10-8-13(11-4-6-22-7-5-11)27-17(26)15(10)16(25)24-12-2-3-14(23-9-12)18(19,20)21/h2-3,8-9,11,22H,4-7H2,1H3,(H,24,25). The number of anilines is 1. The van der Waals surface area contributed by atoms with Gasteiger partial charge in [0.2, 0.25) is 0 Å². The van der Waals surface area contributed by atoms with E-state index in [1.54, 1.807) is 13.0 Å². The molecule has 1 aliphatic heterocycles. The van der Waals surface area contributed by atoms with Crippen LogP contribution in [0, 0.1) is 6.92 Å². The summed E-state index contributed by atoms with van der Waals surface area (Å²) in [5.41, 5.74) is -1.50. The van der Waals surface area contributed by atoms with Crippen LogP contribution in [0.2, 0.25) is 0 Å². The first-order chi connectivity index (χ1) is 12.8. The van der Waals surface area contributed by atoms with Crippen LogP contribution in [-0.4, -0.2) is 24.0 Å². The molecule has 2 N–H and O–H groups in total. The van der Waals surface area contributed by atoms with Gasteiger partial charge in [-0.1, -0.05) is 0 Å². The third kappa shape index (κ3) is 4.36. The van der Waals surface area contributed by atoms with E-state index in [2.05, 4.69) is 15.6 Å². The smallest absolute Gasteiger partial charge is 0.427 e. The highest BCUT2D eigenvalue weighted by molar-refractivity contribution is 6.04. The summed E-state index contributed by atoms with van der Waals surface area (Å²) >= 11 is 0. The molecule has 3 heterocycles. The monoisotopic (exact) mass is 381 g/mol. The molecule has 6 nitrogen and oxygen atoms in total. The molecule has 0 atom stereocenters. The van der Waals surface area contributed by atoms with E-state index in [4.69, 9.17) is 4.42 Å². The number of nitrogens with one attached hydrogen (secondary N) is 2. The number of hydrogen-bond donors (Lipinski definition) is 2. The number of carbonyl (C=O) groups is 1. The third-order valence-corrected chi connectivity index (χ3v) is 4.45. The molecular weight excluding hydrogens is 363 g/mol. The number of rotatable bonds is 3. The molecular formula is C18H18F3N3O3. The number of pyridine rings is 1. The van der Waals surface area contributed by atoms with Crippen molar-refractivity contribution in [2.75, 3.05) is 18.4 Å². The molecule has 0 unspecified atom stereocenters. The van der Waals surface area contributed by atoms with Gasteiger partial charge in [-0.05, 0) is 56.6 Å². The zero-order valence-electron chi connectivity index (χ0n) is 14.5. The molecule has 1 aliphatic rings. The van der Waals surface area contributed by atoms with Crippen LogP contribution in [-0.2, 0) is 6.18 Å². The van der Waals surface area contributed by atoms with Crippen molar-refractivity contribution in [3.63, 3.8) is 0 Å². The maximum Gasteiger partial charge on any atom is 0.433 e. The van der Waals surface area contributed by atoms with E-state index in [1.165, 1.54) is 0 Å². The number of aromatic nitrogens is 1. The minimum Gasteiger partial charge on any atom is -0.427 e. The van der Waals surface area contributed by atoms with Crippen LogP contribution >= 0.6 is 0 Å². The van der Waals surface area contributed by atoms with Crippen molar-refractivity contribution in [1.82, 2.24) is 10.3 Å². The van der Waals surface area contributed by atoms with Crippen LogP contribution in [0.5, 0.6) is 0 Å². The number of nitrogens with zero attached hydrogens (tertiary/aromatic N) is 1. The van der Waals surface area contributed by atoms with Gasteiger partial charge < -0.3 is 15.1 Å². The van der Waals surface area contributed by atoms with E-state index in [0.29, 0.717) is 11.3 Å². The Balaban J connectivity index is 1.79. The first-order valence-electron chi connectivity index (χ1n) is 8.45. The summed E-state index contributed by atoms with van der Waals surface area (Å²) in [7, 11) is 0. The second kappa shape index (κ2) is 7.51. The normalized spacial score (nSPS) is 15.6. The van der Waals surface area contributed by atoms with Crippen molar-refractivity contribution < 1.29 is 22.4 Å². The van der Waals surface area contributed by atoms with Crippen LogP contribution in [0.4, 0.5) is 18.9 Å². The molecule has 0 aliphatic carbocycles. The Bertz CT molecular complexity index is 885. The molecule has 2 aromatic heterocycles. The zero-order valence-corrected chi connectivity index (χ0v) is 14.5.